The lowest BCUT2D eigenvalue weighted by molar-refractivity contribution is 0.416. The Morgan fingerprint density at radius 3 is 2.44 bits per heavy atom. The second-order valence-corrected chi connectivity index (χ2v) is 3.79. The third kappa shape index (κ3) is 2.25. The van der Waals surface area contributed by atoms with Gasteiger partial charge in [-0.3, -0.25) is 0 Å². The van der Waals surface area contributed by atoms with Gasteiger partial charge in [-0.25, -0.2) is 8.78 Å². The third-order valence-corrected chi connectivity index (χ3v) is 2.43. The van der Waals surface area contributed by atoms with Crippen LogP contribution in [0.15, 0.2) is 30.3 Å². The van der Waals surface area contributed by atoms with Crippen LogP contribution in [-0.2, 0) is 0 Å². The van der Waals surface area contributed by atoms with E-state index in [0.29, 0.717) is 5.56 Å². The highest BCUT2D eigenvalue weighted by molar-refractivity contribution is 5.55. The highest BCUT2D eigenvalue weighted by Gasteiger charge is 2.12. The van der Waals surface area contributed by atoms with Gasteiger partial charge in [-0.15, -0.1) is 0 Å². The summed E-state index contributed by atoms with van der Waals surface area (Å²) in [5.74, 6) is -2.84. The first-order chi connectivity index (χ1) is 8.49. The van der Waals surface area contributed by atoms with Crippen molar-refractivity contribution in [3.63, 3.8) is 0 Å². The Hall–Kier alpha value is -2.17. The smallest absolute Gasteiger partial charge is 0.201 e. The number of hydrogen-bond acceptors (Lipinski definition) is 2. The molecule has 2 aromatic carbocycles. The summed E-state index contributed by atoms with van der Waals surface area (Å²) in [6, 6.07) is 5.94. The lowest BCUT2D eigenvalue weighted by atomic mass is 10.2. The van der Waals surface area contributed by atoms with Crippen LogP contribution in [0.2, 0.25) is 0 Å². The van der Waals surface area contributed by atoms with Crippen molar-refractivity contribution in [2.45, 2.75) is 6.92 Å². The zero-order valence-corrected chi connectivity index (χ0v) is 9.51. The van der Waals surface area contributed by atoms with E-state index >= 15 is 0 Å². The molecule has 2 rings (SSSR count). The number of aryl methyl sites for hydroxylation is 1. The number of benzene rings is 2. The molecule has 0 heterocycles. The molecule has 5 heteroatoms. The van der Waals surface area contributed by atoms with Gasteiger partial charge in [0.05, 0.1) is 5.69 Å². The second-order valence-electron chi connectivity index (χ2n) is 3.79. The maximum Gasteiger partial charge on any atom is 0.201 e. The molecule has 0 spiro atoms. The minimum absolute atomic E-state index is 0.0155. The highest BCUT2D eigenvalue weighted by atomic mass is 19.2. The normalized spacial score (nSPS) is 10.4. The van der Waals surface area contributed by atoms with E-state index < -0.39 is 17.5 Å². The number of rotatable bonds is 2. The van der Waals surface area contributed by atoms with E-state index in [9.17, 15) is 13.2 Å². The number of nitrogen functional groups attached to an aromatic ring is 1. The molecule has 0 aliphatic heterocycles. The maximum atomic E-state index is 13.4. The monoisotopic (exact) mass is 253 g/mol. The first-order valence-corrected chi connectivity index (χ1v) is 5.16. The first kappa shape index (κ1) is 12.3. The van der Waals surface area contributed by atoms with E-state index in [0.717, 1.165) is 12.1 Å². The van der Waals surface area contributed by atoms with E-state index in [1.54, 1.807) is 0 Å². The van der Waals surface area contributed by atoms with Crippen LogP contribution in [0.1, 0.15) is 5.56 Å². The van der Waals surface area contributed by atoms with E-state index in [1.807, 2.05) is 0 Å². The predicted octanol–water partition coefficient (Wildman–Crippen LogP) is 3.79. The Bertz CT molecular complexity index is 599. The van der Waals surface area contributed by atoms with E-state index in [1.165, 1.54) is 25.1 Å². The number of ether oxygens (including phenoxy) is 1. The molecule has 0 saturated carbocycles. The van der Waals surface area contributed by atoms with Gasteiger partial charge < -0.3 is 10.5 Å². The Balaban J connectivity index is 2.40. The van der Waals surface area contributed by atoms with Gasteiger partial charge in [0.25, 0.3) is 0 Å². The fourth-order valence-corrected chi connectivity index (χ4v) is 1.44. The van der Waals surface area contributed by atoms with Crippen LogP contribution >= 0.6 is 0 Å². The summed E-state index contributed by atoms with van der Waals surface area (Å²) >= 11 is 0. The average Bonchev–Trinajstić information content (AvgIpc) is 2.32. The van der Waals surface area contributed by atoms with Gasteiger partial charge in [0.2, 0.25) is 5.82 Å². The molecule has 0 saturated heterocycles. The van der Waals surface area contributed by atoms with Crippen molar-refractivity contribution in [2.24, 2.45) is 0 Å². The summed E-state index contributed by atoms with van der Waals surface area (Å²) in [7, 11) is 0. The molecule has 2 nitrogen and oxygen atoms in total. The number of hydrogen-bond donors (Lipinski definition) is 1. The molecule has 0 radical (unpaired) electrons. The molecule has 0 aliphatic rings. The molecule has 2 N–H and O–H groups in total. The summed E-state index contributed by atoms with van der Waals surface area (Å²) in [5, 5.41) is 0. The molecule has 0 bridgehead atoms. The van der Waals surface area contributed by atoms with E-state index in [-0.39, 0.29) is 17.2 Å². The van der Waals surface area contributed by atoms with Crippen molar-refractivity contribution < 1.29 is 17.9 Å². The van der Waals surface area contributed by atoms with Crippen LogP contribution in [-0.4, -0.2) is 0 Å². The predicted molar refractivity (Wildman–Crippen MR) is 62.0 cm³/mol. The molecule has 18 heavy (non-hydrogen) atoms. The van der Waals surface area contributed by atoms with Crippen molar-refractivity contribution in [3.05, 3.63) is 53.3 Å². The summed E-state index contributed by atoms with van der Waals surface area (Å²) in [5.41, 5.74) is 5.86. The third-order valence-electron chi connectivity index (χ3n) is 2.43. The van der Waals surface area contributed by atoms with Gasteiger partial charge in [0, 0.05) is 6.07 Å². The Kier molecular flexibility index (Phi) is 3.14. The number of halogens is 3. The van der Waals surface area contributed by atoms with Gasteiger partial charge in [0.15, 0.2) is 17.3 Å². The fourth-order valence-electron chi connectivity index (χ4n) is 1.44. The van der Waals surface area contributed by atoms with E-state index in [4.69, 9.17) is 10.5 Å². The molecule has 0 aliphatic carbocycles. The van der Waals surface area contributed by atoms with Crippen molar-refractivity contribution in [1.29, 1.82) is 0 Å². The lowest BCUT2D eigenvalue weighted by Crippen LogP contribution is -1.97. The summed E-state index contributed by atoms with van der Waals surface area (Å²) in [6.07, 6.45) is 0. The van der Waals surface area contributed by atoms with Crippen LogP contribution in [0.4, 0.5) is 18.9 Å². The molecule has 0 unspecified atom stereocenters. The maximum absolute atomic E-state index is 13.4. The highest BCUT2D eigenvalue weighted by Crippen LogP contribution is 2.31. The summed E-state index contributed by atoms with van der Waals surface area (Å²) < 4.78 is 44.7. The van der Waals surface area contributed by atoms with Crippen LogP contribution < -0.4 is 10.5 Å². The fraction of sp³-hybridized carbons (Fsp3) is 0.0769. The molecule has 0 amide bonds. The van der Waals surface area contributed by atoms with Crippen molar-refractivity contribution >= 4 is 5.69 Å². The molecule has 0 aromatic heterocycles. The Morgan fingerprint density at radius 1 is 1.00 bits per heavy atom. The van der Waals surface area contributed by atoms with Crippen molar-refractivity contribution in [2.75, 3.05) is 5.73 Å². The minimum Gasteiger partial charge on any atom is -0.452 e. The second kappa shape index (κ2) is 4.60. The zero-order chi connectivity index (χ0) is 13.3. The zero-order valence-electron chi connectivity index (χ0n) is 9.51. The van der Waals surface area contributed by atoms with Crippen molar-refractivity contribution in [1.82, 2.24) is 0 Å². The molecule has 94 valence electrons. The van der Waals surface area contributed by atoms with Crippen LogP contribution in [0.25, 0.3) is 0 Å². The quantitative estimate of drug-likeness (QED) is 0.826. The molecule has 0 atom stereocenters. The van der Waals surface area contributed by atoms with E-state index in [2.05, 4.69) is 0 Å². The minimum atomic E-state index is -1.11. The molecule has 0 fully saturated rings. The van der Waals surface area contributed by atoms with Crippen molar-refractivity contribution in [3.8, 4) is 11.5 Å². The van der Waals surface area contributed by atoms with Gasteiger partial charge in [0.1, 0.15) is 5.82 Å². The summed E-state index contributed by atoms with van der Waals surface area (Å²) in [6.45, 7) is 1.52. The van der Waals surface area contributed by atoms with Crippen LogP contribution in [0, 0.1) is 24.4 Å². The van der Waals surface area contributed by atoms with Crippen LogP contribution in [0.3, 0.4) is 0 Å². The Morgan fingerprint density at radius 2 is 1.72 bits per heavy atom. The van der Waals surface area contributed by atoms with Gasteiger partial charge in [-0.2, -0.15) is 4.39 Å². The molecule has 2 aromatic rings. The molecular weight excluding hydrogens is 243 g/mol. The van der Waals surface area contributed by atoms with Gasteiger partial charge in [-0.05, 0) is 30.7 Å². The number of anilines is 1. The largest absolute Gasteiger partial charge is 0.452 e. The summed E-state index contributed by atoms with van der Waals surface area (Å²) in [4.78, 5) is 0. The van der Waals surface area contributed by atoms with Crippen LogP contribution in [0.5, 0.6) is 11.5 Å². The number of nitrogens with two attached hydrogens (primary N) is 1. The van der Waals surface area contributed by atoms with Gasteiger partial charge in [-0.1, -0.05) is 6.07 Å². The molecular formula is C13H10F3NO. The Labute approximate surface area is 102 Å². The first-order valence-electron chi connectivity index (χ1n) is 5.16. The topological polar surface area (TPSA) is 35.2 Å². The standard InChI is InChI=1S/C13H10F3NO/c1-7-5-12(10(17)6-9(7)15)18-11-4-2-3-8(14)13(11)16/h2-6H,17H2,1H3. The average molecular weight is 253 g/mol. The van der Waals surface area contributed by atoms with Gasteiger partial charge >= 0.3 is 0 Å². The lowest BCUT2D eigenvalue weighted by Gasteiger charge is -2.10. The SMILES string of the molecule is Cc1cc(Oc2cccc(F)c2F)c(N)cc1F.